The molecule has 7 heteroatoms. The Balaban J connectivity index is 1.72. The van der Waals surface area contributed by atoms with Gasteiger partial charge in [-0.3, -0.25) is 9.97 Å². The number of rotatable bonds is 3. The third-order valence-electron chi connectivity index (χ3n) is 4.52. The van der Waals surface area contributed by atoms with Gasteiger partial charge in [0.25, 0.3) is 0 Å². The third kappa shape index (κ3) is 2.87. The van der Waals surface area contributed by atoms with Crippen molar-refractivity contribution in [2.24, 2.45) is 7.05 Å². The van der Waals surface area contributed by atoms with Crippen LogP contribution in [0.2, 0.25) is 5.15 Å². The zero-order chi connectivity index (χ0) is 19.1. The Morgan fingerprint density at radius 3 is 2.71 bits per heavy atom. The van der Waals surface area contributed by atoms with E-state index in [4.69, 9.17) is 16.6 Å². The fraction of sp³-hybridized carbons (Fsp3) is 0.0476. The second-order valence-electron chi connectivity index (χ2n) is 6.31. The maximum Gasteiger partial charge on any atom is 0.150 e. The Labute approximate surface area is 170 Å². The molecule has 0 bridgehead atoms. The predicted octanol–water partition coefficient (Wildman–Crippen LogP) is 5.47. The van der Waals surface area contributed by atoms with Crippen molar-refractivity contribution < 1.29 is 0 Å². The van der Waals surface area contributed by atoms with Crippen LogP contribution in [0.15, 0.2) is 67.3 Å². The predicted molar refractivity (Wildman–Crippen MR) is 113 cm³/mol. The van der Waals surface area contributed by atoms with Crippen molar-refractivity contribution in [1.29, 1.82) is 0 Å². The van der Waals surface area contributed by atoms with Crippen molar-refractivity contribution >= 4 is 33.8 Å². The summed E-state index contributed by atoms with van der Waals surface area (Å²) in [6, 6.07) is 13.8. The molecule has 0 spiro atoms. The zero-order valence-corrected chi connectivity index (χ0v) is 16.4. The SMILES string of the molecule is Cn1ccc2c(-c3ccccn3)nc(-c3sc(-c4cccnc4)nc3Cl)cc21. The second kappa shape index (κ2) is 6.82. The maximum absolute atomic E-state index is 6.51. The van der Waals surface area contributed by atoms with E-state index >= 15 is 0 Å². The van der Waals surface area contributed by atoms with E-state index in [1.54, 1.807) is 18.6 Å². The van der Waals surface area contributed by atoms with Crippen molar-refractivity contribution in [3.63, 3.8) is 0 Å². The molecular formula is C21H14ClN5S. The van der Waals surface area contributed by atoms with Crippen LogP contribution in [-0.2, 0) is 7.05 Å². The van der Waals surface area contributed by atoms with Crippen LogP contribution in [0.25, 0.3) is 43.4 Å². The van der Waals surface area contributed by atoms with Crippen molar-refractivity contribution in [3.05, 3.63) is 72.4 Å². The van der Waals surface area contributed by atoms with Gasteiger partial charge in [-0.05, 0) is 36.4 Å². The molecule has 5 heterocycles. The van der Waals surface area contributed by atoms with Crippen LogP contribution in [0.4, 0.5) is 0 Å². The van der Waals surface area contributed by atoms with E-state index in [9.17, 15) is 0 Å². The van der Waals surface area contributed by atoms with E-state index < -0.39 is 0 Å². The minimum absolute atomic E-state index is 0.442. The molecule has 28 heavy (non-hydrogen) atoms. The molecule has 5 aromatic heterocycles. The number of aromatic nitrogens is 5. The lowest BCUT2D eigenvalue weighted by Gasteiger charge is -2.07. The number of fused-ring (bicyclic) bond motifs is 1. The summed E-state index contributed by atoms with van der Waals surface area (Å²) in [5.41, 5.74) is 4.45. The summed E-state index contributed by atoms with van der Waals surface area (Å²) in [5.74, 6) is 0. The molecule has 0 radical (unpaired) electrons. The second-order valence-corrected chi connectivity index (χ2v) is 7.67. The first-order chi connectivity index (χ1) is 13.7. The number of hydrogen-bond acceptors (Lipinski definition) is 5. The molecule has 0 aliphatic rings. The molecule has 0 aliphatic heterocycles. The molecule has 0 fully saturated rings. The average Bonchev–Trinajstić information content (AvgIpc) is 3.32. The highest BCUT2D eigenvalue weighted by Gasteiger charge is 2.18. The van der Waals surface area contributed by atoms with Gasteiger partial charge in [0.05, 0.1) is 27.5 Å². The summed E-state index contributed by atoms with van der Waals surface area (Å²) in [5, 5.41) is 2.32. The van der Waals surface area contributed by atoms with Gasteiger partial charge in [-0.1, -0.05) is 17.7 Å². The molecule has 5 nitrogen and oxygen atoms in total. The minimum atomic E-state index is 0.442. The third-order valence-corrected chi connectivity index (χ3v) is 6.03. The highest BCUT2D eigenvalue weighted by Crippen LogP contribution is 2.39. The van der Waals surface area contributed by atoms with Gasteiger partial charge in [0.2, 0.25) is 0 Å². The van der Waals surface area contributed by atoms with Gasteiger partial charge in [0.1, 0.15) is 10.2 Å². The quantitative estimate of drug-likeness (QED) is 0.400. The molecule has 0 aliphatic carbocycles. The van der Waals surface area contributed by atoms with Crippen LogP contribution in [0.1, 0.15) is 0 Å². The van der Waals surface area contributed by atoms with Gasteiger partial charge in [0, 0.05) is 42.8 Å². The molecule has 5 aromatic rings. The summed E-state index contributed by atoms with van der Waals surface area (Å²) >= 11 is 8.02. The van der Waals surface area contributed by atoms with Gasteiger partial charge < -0.3 is 4.57 Å². The summed E-state index contributed by atoms with van der Waals surface area (Å²) in [6.07, 6.45) is 7.33. The number of thiazole rings is 1. The lowest BCUT2D eigenvalue weighted by atomic mass is 10.1. The van der Waals surface area contributed by atoms with Gasteiger partial charge in [0.15, 0.2) is 0 Å². The number of hydrogen-bond donors (Lipinski definition) is 0. The van der Waals surface area contributed by atoms with Crippen molar-refractivity contribution in [1.82, 2.24) is 24.5 Å². The molecular weight excluding hydrogens is 390 g/mol. The van der Waals surface area contributed by atoms with Gasteiger partial charge in [-0.25, -0.2) is 9.97 Å². The Morgan fingerprint density at radius 2 is 1.93 bits per heavy atom. The van der Waals surface area contributed by atoms with Crippen LogP contribution in [0.3, 0.4) is 0 Å². The number of nitrogens with zero attached hydrogens (tertiary/aromatic N) is 5. The summed E-state index contributed by atoms with van der Waals surface area (Å²) < 4.78 is 2.07. The first-order valence-corrected chi connectivity index (χ1v) is 9.85. The van der Waals surface area contributed by atoms with Gasteiger partial charge in [-0.2, -0.15) is 0 Å². The van der Waals surface area contributed by atoms with Crippen molar-refractivity contribution in [2.75, 3.05) is 0 Å². The van der Waals surface area contributed by atoms with Crippen LogP contribution in [-0.4, -0.2) is 24.5 Å². The van der Waals surface area contributed by atoms with Crippen LogP contribution < -0.4 is 0 Å². The smallest absolute Gasteiger partial charge is 0.150 e. The van der Waals surface area contributed by atoms with E-state index in [0.717, 1.165) is 43.4 Å². The molecule has 136 valence electrons. The van der Waals surface area contributed by atoms with Crippen molar-refractivity contribution in [3.8, 4) is 32.5 Å². The van der Waals surface area contributed by atoms with E-state index in [-0.39, 0.29) is 0 Å². The molecule has 0 saturated carbocycles. The molecule has 0 amide bonds. The fourth-order valence-corrected chi connectivity index (χ4v) is 4.41. The topological polar surface area (TPSA) is 56.5 Å². The normalized spacial score (nSPS) is 11.2. The van der Waals surface area contributed by atoms with E-state index in [0.29, 0.717) is 5.15 Å². The van der Waals surface area contributed by atoms with Crippen molar-refractivity contribution in [2.45, 2.75) is 0 Å². The first-order valence-electron chi connectivity index (χ1n) is 8.65. The van der Waals surface area contributed by atoms with E-state index in [2.05, 4.69) is 25.6 Å². The highest BCUT2D eigenvalue weighted by molar-refractivity contribution is 7.19. The monoisotopic (exact) mass is 403 g/mol. The average molecular weight is 404 g/mol. The molecule has 5 rings (SSSR count). The minimum Gasteiger partial charge on any atom is -0.350 e. The summed E-state index contributed by atoms with van der Waals surface area (Å²) in [7, 11) is 2.02. The number of pyridine rings is 3. The lowest BCUT2D eigenvalue weighted by Crippen LogP contribution is -1.93. The Hall–Kier alpha value is -3.09. The Morgan fingerprint density at radius 1 is 1.00 bits per heavy atom. The van der Waals surface area contributed by atoms with Crippen LogP contribution >= 0.6 is 22.9 Å². The van der Waals surface area contributed by atoms with Gasteiger partial charge >= 0.3 is 0 Å². The van der Waals surface area contributed by atoms with Gasteiger partial charge in [-0.15, -0.1) is 11.3 Å². The van der Waals surface area contributed by atoms with Crippen LogP contribution in [0, 0.1) is 0 Å². The highest BCUT2D eigenvalue weighted by atomic mass is 35.5. The lowest BCUT2D eigenvalue weighted by molar-refractivity contribution is 0.968. The first kappa shape index (κ1) is 17.0. The maximum atomic E-state index is 6.51. The van der Waals surface area contributed by atoms with E-state index in [1.165, 1.54) is 11.3 Å². The number of halogens is 1. The Bertz CT molecular complexity index is 1280. The largest absolute Gasteiger partial charge is 0.350 e. The molecule has 0 saturated heterocycles. The molecule has 0 N–H and O–H groups in total. The standard InChI is InChI=1S/C21H14ClN5S/c1-27-10-7-14-17(27)11-16(25-18(14)15-6-2-3-9-24-15)19-20(22)26-21(28-19)13-5-4-8-23-12-13/h2-12H,1H3. The summed E-state index contributed by atoms with van der Waals surface area (Å²) in [6.45, 7) is 0. The molecule has 0 atom stereocenters. The Kier molecular flexibility index (Phi) is 4.15. The van der Waals surface area contributed by atoms with Crippen LogP contribution in [0.5, 0.6) is 0 Å². The summed E-state index contributed by atoms with van der Waals surface area (Å²) in [4.78, 5) is 18.9. The molecule has 0 aromatic carbocycles. The zero-order valence-electron chi connectivity index (χ0n) is 14.9. The van der Waals surface area contributed by atoms with E-state index in [1.807, 2.05) is 49.6 Å². The number of aryl methyl sites for hydroxylation is 1. The fourth-order valence-electron chi connectivity index (χ4n) is 3.15. The molecule has 0 unspecified atom stereocenters.